The zero-order valence-electron chi connectivity index (χ0n) is 13.7. The molecule has 1 atom stereocenters. The van der Waals surface area contributed by atoms with E-state index in [-0.39, 0.29) is 24.4 Å². The summed E-state index contributed by atoms with van der Waals surface area (Å²) in [5, 5.41) is 11.3. The van der Waals surface area contributed by atoms with Gasteiger partial charge in [-0.25, -0.2) is 0 Å². The fourth-order valence-corrected chi connectivity index (χ4v) is 2.80. The van der Waals surface area contributed by atoms with E-state index in [1.807, 2.05) is 6.07 Å². The summed E-state index contributed by atoms with van der Waals surface area (Å²) < 4.78 is 11.2. The fourth-order valence-electron chi connectivity index (χ4n) is 2.80. The second kappa shape index (κ2) is 8.00. The lowest BCUT2D eigenvalue weighted by atomic mass is 10.0. The summed E-state index contributed by atoms with van der Waals surface area (Å²) in [6.07, 6.45) is 2.44. The van der Waals surface area contributed by atoms with E-state index in [1.165, 1.54) is 18.2 Å². The van der Waals surface area contributed by atoms with Crippen LogP contribution >= 0.6 is 0 Å². The summed E-state index contributed by atoms with van der Waals surface area (Å²) in [7, 11) is 0. The molecule has 2 aromatic carbocycles. The Balaban J connectivity index is 1.81. The van der Waals surface area contributed by atoms with Crippen LogP contribution in [-0.2, 0) is 16.1 Å². The van der Waals surface area contributed by atoms with Crippen LogP contribution in [0.15, 0.2) is 48.5 Å². The van der Waals surface area contributed by atoms with E-state index in [0.29, 0.717) is 23.3 Å². The summed E-state index contributed by atoms with van der Waals surface area (Å²) >= 11 is 0. The number of hydrogen-bond donors (Lipinski definition) is 0. The van der Waals surface area contributed by atoms with Gasteiger partial charge >= 0.3 is 0 Å². The van der Waals surface area contributed by atoms with Gasteiger partial charge in [0, 0.05) is 23.8 Å². The number of nitrogens with zero attached hydrogens (tertiary/aromatic N) is 1. The van der Waals surface area contributed by atoms with E-state index in [9.17, 15) is 14.9 Å². The van der Waals surface area contributed by atoms with Crippen molar-refractivity contribution in [2.45, 2.75) is 32.2 Å². The number of ether oxygens (including phenoxy) is 2. The number of carbonyl (C=O) groups excluding carboxylic acids is 1. The molecule has 130 valence electrons. The zero-order valence-corrected chi connectivity index (χ0v) is 13.7. The van der Waals surface area contributed by atoms with Gasteiger partial charge in [0.1, 0.15) is 0 Å². The first-order valence-electron chi connectivity index (χ1n) is 8.25. The average Bonchev–Trinajstić information content (AvgIpc) is 2.67. The largest absolute Gasteiger partial charge is 0.353 e. The molecule has 3 rings (SSSR count). The number of nitro groups is 1. The Labute approximate surface area is 145 Å². The third-order valence-corrected chi connectivity index (χ3v) is 4.14. The summed E-state index contributed by atoms with van der Waals surface area (Å²) in [6, 6.07) is 13.2. The van der Waals surface area contributed by atoms with Gasteiger partial charge in [0.25, 0.3) is 5.69 Å². The highest BCUT2D eigenvalue weighted by atomic mass is 16.7. The van der Waals surface area contributed by atoms with Crippen molar-refractivity contribution in [2.24, 2.45) is 0 Å². The number of rotatable bonds is 6. The maximum Gasteiger partial charge on any atom is 0.274 e. The SMILES string of the molecule is O=C(c1ccccc1)c1ccc([N+](=O)[O-])c(COC2CCCCO2)c1. The van der Waals surface area contributed by atoms with Crippen molar-refractivity contribution in [3.05, 3.63) is 75.3 Å². The lowest BCUT2D eigenvalue weighted by Gasteiger charge is -2.22. The van der Waals surface area contributed by atoms with Gasteiger partial charge in [0.15, 0.2) is 12.1 Å². The third-order valence-electron chi connectivity index (χ3n) is 4.14. The minimum atomic E-state index is -0.461. The van der Waals surface area contributed by atoms with E-state index in [0.717, 1.165) is 19.3 Å². The standard InChI is InChI=1S/C19H19NO5/c21-19(14-6-2-1-3-7-14)15-9-10-17(20(22)23)16(12-15)13-25-18-8-4-5-11-24-18/h1-3,6-7,9-10,12,18H,4-5,8,11,13H2. The quantitative estimate of drug-likeness (QED) is 0.453. The van der Waals surface area contributed by atoms with Crippen molar-refractivity contribution in [1.82, 2.24) is 0 Å². The van der Waals surface area contributed by atoms with Crippen LogP contribution in [0.3, 0.4) is 0 Å². The van der Waals surface area contributed by atoms with E-state index >= 15 is 0 Å². The van der Waals surface area contributed by atoms with Crippen molar-refractivity contribution >= 4 is 11.5 Å². The minimum absolute atomic E-state index is 0.0386. The molecule has 0 aliphatic carbocycles. The van der Waals surface area contributed by atoms with Gasteiger partial charge in [-0.05, 0) is 31.4 Å². The fraction of sp³-hybridized carbons (Fsp3) is 0.316. The molecule has 1 heterocycles. The van der Waals surface area contributed by atoms with Crippen LogP contribution in [0.5, 0.6) is 0 Å². The molecule has 0 bridgehead atoms. The Hall–Kier alpha value is -2.57. The van der Waals surface area contributed by atoms with Gasteiger partial charge in [0.05, 0.1) is 17.1 Å². The predicted molar refractivity (Wildman–Crippen MR) is 91.4 cm³/mol. The Morgan fingerprint density at radius 2 is 1.96 bits per heavy atom. The minimum Gasteiger partial charge on any atom is -0.353 e. The highest BCUT2D eigenvalue weighted by Gasteiger charge is 2.20. The zero-order chi connectivity index (χ0) is 17.6. The Kier molecular flexibility index (Phi) is 5.53. The van der Waals surface area contributed by atoms with Crippen molar-refractivity contribution in [3.63, 3.8) is 0 Å². The molecule has 0 spiro atoms. The monoisotopic (exact) mass is 341 g/mol. The molecule has 1 aliphatic heterocycles. The molecule has 0 N–H and O–H groups in total. The molecule has 1 unspecified atom stereocenters. The molecule has 1 fully saturated rings. The van der Waals surface area contributed by atoms with Crippen LogP contribution in [0.2, 0.25) is 0 Å². The van der Waals surface area contributed by atoms with Crippen LogP contribution in [0.1, 0.15) is 40.7 Å². The highest BCUT2D eigenvalue weighted by molar-refractivity contribution is 6.09. The van der Waals surface area contributed by atoms with Crippen molar-refractivity contribution < 1.29 is 19.2 Å². The Morgan fingerprint density at radius 3 is 2.64 bits per heavy atom. The van der Waals surface area contributed by atoms with Gasteiger partial charge < -0.3 is 9.47 Å². The van der Waals surface area contributed by atoms with E-state index in [2.05, 4.69) is 0 Å². The molecule has 1 aliphatic rings. The first-order valence-corrected chi connectivity index (χ1v) is 8.25. The first kappa shape index (κ1) is 17.3. The maximum atomic E-state index is 12.6. The lowest BCUT2D eigenvalue weighted by Crippen LogP contribution is -2.22. The summed E-state index contributed by atoms with van der Waals surface area (Å²) in [6.45, 7) is 0.677. The number of carbonyl (C=O) groups is 1. The van der Waals surface area contributed by atoms with Gasteiger partial charge in [-0.2, -0.15) is 0 Å². The topological polar surface area (TPSA) is 78.7 Å². The third kappa shape index (κ3) is 4.29. The lowest BCUT2D eigenvalue weighted by molar-refractivity contribution is -0.386. The molecule has 0 radical (unpaired) electrons. The van der Waals surface area contributed by atoms with Crippen LogP contribution in [-0.4, -0.2) is 23.6 Å². The number of hydrogen-bond acceptors (Lipinski definition) is 5. The van der Waals surface area contributed by atoms with Crippen LogP contribution in [0.4, 0.5) is 5.69 Å². The van der Waals surface area contributed by atoms with Gasteiger partial charge in [-0.15, -0.1) is 0 Å². The molecule has 0 saturated carbocycles. The van der Waals surface area contributed by atoms with Crippen molar-refractivity contribution in [3.8, 4) is 0 Å². The Morgan fingerprint density at radius 1 is 1.16 bits per heavy atom. The van der Waals surface area contributed by atoms with Gasteiger partial charge in [0.2, 0.25) is 0 Å². The average molecular weight is 341 g/mol. The number of benzene rings is 2. The summed E-state index contributed by atoms with van der Waals surface area (Å²) in [5.74, 6) is -0.175. The van der Waals surface area contributed by atoms with E-state index in [1.54, 1.807) is 24.3 Å². The molecule has 0 aromatic heterocycles. The second-order valence-electron chi connectivity index (χ2n) is 5.90. The molecule has 6 heteroatoms. The predicted octanol–water partition coefficient (Wildman–Crippen LogP) is 3.87. The summed E-state index contributed by atoms with van der Waals surface area (Å²) in [4.78, 5) is 23.3. The van der Waals surface area contributed by atoms with Crippen molar-refractivity contribution in [1.29, 1.82) is 0 Å². The molecule has 0 amide bonds. The molecule has 1 saturated heterocycles. The Bertz CT molecular complexity index is 754. The summed E-state index contributed by atoms with van der Waals surface area (Å²) in [5.41, 5.74) is 1.26. The molecule has 2 aromatic rings. The smallest absolute Gasteiger partial charge is 0.274 e. The van der Waals surface area contributed by atoms with E-state index in [4.69, 9.17) is 9.47 Å². The molecule has 6 nitrogen and oxygen atoms in total. The number of ketones is 1. The molecular formula is C19H19NO5. The maximum absolute atomic E-state index is 12.6. The highest BCUT2D eigenvalue weighted by Crippen LogP contribution is 2.24. The second-order valence-corrected chi connectivity index (χ2v) is 5.90. The van der Waals surface area contributed by atoms with Gasteiger partial charge in [-0.3, -0.25) is 14.9 Å². The molecular weight excluding hydrogens is 322 g/mol. The van der Waals surface area contributed by atoms with Crippen LogP contribution < -0.4 is 0 Å². The van der Waals surface area contributed by atoms with Crippen molar-refractivity contribution in [2.75, 3.05) is 6.61 Å². The number of nitro benzene ring substituents is 1. The van der Waals surface area contributed by atoms with E-state index < -0.39 is 4.92 Å². The first-order chi connectivity index (χ1) is 12.1. The van der Waals surface area contributed by atoms with Crippen LogP contribution in [0, 0.1) is 10.1 Å². The van der Waals surface area contributed by atoms with Gasteiger partial charge in [-0.1, -0.05) is 30.3 Å². The molecule has 25 heavy (non-hydrogen) atoms. The normalized spacial score (nSPS) is 17.2. The van der Waals surface area contributed by atoms with Crippen LogP contribution in [0.25, 0.3) is 0 Å².